The molecule has 2 aromatic heterocycles. The zero-order valence-corrected chi connectivity index (χ0v) is 14.9. The van der Waals surface area contributed by atoms with E-state index in [4.69, 9.17) is 9.26 Å². The molecule has 7 nitrogen and oxygen atoms in total. The lowest BCUT2D eigenvalue weighted by Gasteiger charge is -2.16. The number of rotatable bonds is 6. The maximum atomic E-state index is 12.3. The minimum atomic E-state index is 0.0207. The number of likely N-dealkylation sites (tertiary alicyclic amines) is 1. The lowest BCUT2D eigenvalue weighted by molar-refractivity contribution is -0.121. The van der Waals surface area contributed by atoms with Crippen LogP contribution in [0.2, 0.25) is 0 Å². The van der Waals surface area contributed by atoms with Gasteiger partial charge < -0.3 is 14.6 Å². The van der Waals surface area contributed by atoms with Crippen molar-refractivity contribution in [2.75, 3.05) is 20.2 Å². The Morgan fingerprint density at radius 1 is 1.44 bits per heavy atom. The third-order valence-electron chi connectivity index (χ3n) is 4.57. The summed E-state index contributed by atoms with van der Waals surface area (Å²) in [5.41, 5.74) is 2.81. The Hall–Kier alpha value is -2.41. The molecule has 3 heterocycles. The molecule has 1 aliphatic rings. The number of nitrogens with one attached hydrogen (secondary N) is 1. The van der Waals surface area contributed by atoms with Crippen LogP contribution in [-0.2, 0) is 17.8 Å². The van der Waals surface area contributed by atoms with Crippen molar-refractivity contribution >= 4 is 5.91 Å². The Bertz CT molecular complexity index is 707. The zero-order valence-electron chi connectivity index (χ0n) is 14.9. The number of carbonyl (C=O) groups excluding carboxylic acids is 1. The molecule has 0 unspecified atom stereocenters. The lowest BCUT2D eigenvalue weighted by Crippen LogP contribution is -2.38. The number of aromatic nitrogens is 2. The van der Waals surface area contributed by atoms with Gasteiger partial charge in [0.25, 0.3) is 0 Å². The van der Waals surface area contributed by atoms with Crippen molar-refractivity contribution in [2.24, 2.45) is 0 Å². The Kier molecular flexibility index (Phi) is 5.33. The molecule has 0 spiro atoms. The Morgan fingerprint density at radius 2 is 2.28 bits per heavy atom. The van der Waals surface area contributed by atoms with E-state index in [-0.39, 0.29) is 11.9 Å². The standard InChI is InChI=1S/C18H24N4O3/c1-12-16(13(2)25-21-12)8-17(23)20-15-6-7-22(11-15)10-14-4-5-18(24-3)19-9-14/h4-5,9,15H,6-8,10-11H2,1-3H3,(H,20,23)/t15-/m1/s1. The van der Waals surface area contributed by atoms with Gasteiger partial charge in [0.05, 0.1) is 19.2 Å². The van der Waals surface area contributed by atoms with Crippen LogP contribution in [0.4, 0.5) is 0 Å². The molecule has 2 aromatic rings. The topological polar surface area (TPSA) is 80.5 Å². The van der Waals surface area contributed by atoms with Crippen molar-refractivity contribution in [2.45, 2.75) is 39.3 Å². The molecular formula is C18H24N4O3. The van der Waals surface area contributed by atoms with E-state index in [1.807, 2.05) is 32.2 Å². The van der Waals surface area contributed by atoms with Crippen LogP contribution in [0.25, 0.3) is 0 Å². The quantitative estimate of drug-likeness (QED) is 0.858. The first kappa shape index (κ1) is 17.4. The Labute approximate surface area is 147 Å². The van der Waals surface area contributed by atoms with Gasteiger partial charge in [0, 0.05) is 43.5 Å². The number of amides is 1. The minimum Gasteiger partial charge on any atom is -0.481 e. The molecule has 134 valence electrons. The minimum absolute atomic E-state index is 0.0207. The first-order valence-electron chi connectivity index (χ1n) is 8.47. The summed E-state index contributed by atoms with van der Waals surface area (Å²) in [5.74, 6) is 1.36. The number of pyridine rings is 1. The summed E-state index contributed by atoms with van der Waals surface area (Å²) in [6.45, 7) is 6.33. The first-order valence-corrected chi connectivity index (χ1v) is 8.47. The maximum Gasteiger partial charge on any atom is 0.224 e. The van der Waals surface area contributed by atoms with Crippen LogP contribution in [0.3, 0.4) is 0 Å². The normalized spacial score (nSPS) is 17.6. The van der Waals surface area contributed by atoms with Crippen molar-refractivity contribution in [1.82, 2.24) is 20.4 Å². The van der Waals surface area contributed by atoms with E-state index in [1.54, 1.807) is 7.11 Å². The van der Waals surface area contributed by atoms with Gasteiger partial charge in [-0.1, -0.05) is 11.2 Å². The largest absolute Gasteiger partial charge is 0.481 e. The van der Waals surface area contributed by atoms with Crippen molar-refractivity contribution < 1.29 is 14.1 Å². The van der Waals surface area contributed by atoms with Gasteiger partial charge in [-0.15, -0.1) is 0 Å². The summed E-state index contributed by atoms with van der Waals surface area (Å²) >= 11 is 0. The highest BCUT2D eigenvalue weighted by Crippen LogP contribution is 2.16. The van der Waals surface area contributed by atoms with Gasteiger partial charge in [-0.25, -0.2) is 4.98 Å². The molecule has 1 saturated heterocycles. The van der Waals surface area contributed by atoms with Crippen molar-refractivity contribution in [3.8, 4) is 5.88 Å². The number of carbonyl (C=O) groups is 1. The molecule has 25 heavy (non-hydrogen) atoms. The first-order chi connectivity index (χ1) is 12.0. The highest BCUT2D eigenvalue weighted by Gasteiger charge is 2.24. The fourth-order valence-corrected chi connectivity index (χ4v) is 3.17. The van der Waals surface area contributed by atoms with Crippen LogP contribution in [-0.4, -0.2) is 47.2 Å². The fourth-order valence-electron chi connectivity index (χ4n) is 3.17. The van der Waals surface area contributed by atoms with Crippen LogP contribution in [0.5, 0.6) is 5.88 Å². The van der Waals surface area contributed by atoms with Crippen LogP contribution < -0.4 is 10.1 Å². The van der Waals surface area contributed by atoms with Gasteiger partial charge in [-0.3, -0.25) is 9.69 Å². The van der Waals surface area contributed by atoms with Gasteiger partial charge in [0.2, 0.25) is 11.8 Å². The second-order valence-electron chi connectivity index (χ2n) is 6.48. The molecule has 1 amide bonds. The van der Waals surface area contributed by atoms with E-state index >= 15 is 0 Å². The van der Waals surface area contributed by atoms with Crippen LogP contribution in [0, 0.1) is 13.8 Å². The molecule has 0 saturated carbocycles. The lowest BCUT2D eigenvalue weighted by atomic mass is 10.1. The number of hydrogen-bond donors (Lipinski definition) is 1. The van der Waals surface area contributed by atoms with E-state index in [1.165, 1.54) is 0 Å². The predicted molar refractivity (Wildman–Crippen MR) is 92.3 cm³/mol. The second kappa shape index (κ2) is 7.65. The number of ether oxygens (including phenoxy) is 1. The molecule has 1 N–H and O–H groups in total. The van der Waals surface area contributed by atoms with E-state index in [0.29, 0.717) is 18.1 Å². The van der Waals surface area contributed by atoms with Gasteiger partial charge in [-0.05, 0) is 25.8 Å². The molecule has 1 fully saturated rings. The van der Waals surface area contributed by atoms with Crippen LogP contribution in [0.15, 0.2) is 22.9 Å². The van der Waals surface area contributed by atoms with E-state index in [2.05, 4.69) is 20.4 Å². The molecule has 1 aliphatic heterocycles. The summed E-state index contributed by atoms with van der Waals surface area (Å²) in [7, 11) is 1.61. The second-order valence-corrected chi connectivity index (χ2v) is 6.48. The molecular weight excluding hydrogens is 320 g/mol. The van der Waals surface area contributed by atoms with E-state index < -0.39 is 0 Å². The van der Waals surface area contributed by atoms with Gasteiger partial charge in [0.15, 0.2) is 0 Å². The van der Waals surface area contributed by atoms with Gasteiger partial charge >= 0.3 is 0 Å². The molecule has 0 radical (unpaired) electrons. The average Bonchev–Trinajstić information content (AvgIpc) is 3.16. The Morgan fingerprint density at radius 3 is 2.92 bits per heavy atom. The molecule has 1 atom stereocenters. The third-order valence-corrected chi connectivity index (χ3v) is 4.57. The summed E-state index contributed by atoms with van der Waals surface area (Å²) in [6, 6.07) is 4.07. The summed E-state index contributed by atoms with van der Waals surface area (Å²) < 4.78 is 10.2. The number of methoxy groups -OCH3 is 1. The summed E-state index contributed by atoms with van der Waals surface area (Å²) in [5, 5.41) is 7.01. The molecule has 3 rings (SSSR count). The van der Waals surface area contributed by atoms with E-state index in [0.717, 1.165) is 42.9 Å². The van der Waals surface area contributed by atoms with Crippen LogP contribution in [0.1, 0.15) is 29.0 Å². The van der Waals surface area contributed by atoms with Gasteiger partial charge in [-0.2, -0.15) is 0 Å². The monoisotopic (exact) mass is 344 g/mol. The summed E-state index contributed by atoms with van der Waals surface area (Å²) in [4.78, 5) is 18.8. The van der Waals surface area contributed by atoms with Crippen molar-refractivity contribution in [3.63, 3.8) is 0 Å². The fraction of sp³-hybridized carbons (Fsp3) is 0.500. The Balaban J connectivity index is 1.48. The molecule has 0 bridgehead atoms. The number of nitrogens with zero attached hydrogens (tertiary/aromatic N) is 3. The molecule has 0 aliphatic carbocycles. The SMILES string of the molecule is COc1ccc(CN2CC[C@@H](NC(=O)Cc3c(C)noc3C)C2)cn1. The van der Waals surface area contributed by atoms with Crippen LogP contribution >= 0.6 is 0 Å². The predicted octanol–water partition coefficient (Wildman–Crippen LogP) is 1.63. The molecule has 7 heteroatoms. The smallest absolute Gasteiger partial charge is 0.224 e. The van der Waals surface area contributed by atoms with Gasteiger partial charge in [0.1, 0.15) is 5.76 Å². The highest BCUT2D eigenvalue weighted by molar-refractivity contribution is 5.79. The average molecular weight is 344 g/mol. The van der Waals surface area contributed by atoms with Crippen molar-refractivity contribution in [1.29, 1.82) is 0 Å². The number of aryl methyl sites for hydroxylation is 2. The molecule has 0 aromatic carbocycles. The zero-order chi connectivity index (χ0) is 17.8. The third kappa shape index (κ3) is 4.36. The summed E-state index contributed by atoms with van der Waals surface area (Å²) in [6.07, 6.45) is 3.11. The maximum absolute atomic E-state index is 12.3. The number of hydrogen-bond acceptors (Lipinski definition) is 6. The van der Waals surface area contributed by atoms with Crippen molar-refractivity contribution in [3.05, 3.63) is 40.9 Å². The highest BCUT2D eigenvalue weighted by atomic mass is 16.5. The van der Waals surface area contributed by atoms with E-state index in [9.17, 15) is 4.79 Å².